The highest BCUT2D eigenvalue weighted by atomic mass is 16.5. The van der Waals surface area contributed by atoms with E-state index in [-0.39, 0.29) is 5.56 Å². The number of aromatic carboxylic acids is 1. The molecule has 0 unspecified atom stereocenters. The van der Waals surface area contributed by atoms with Gasteiger partial charge in [-0.3, -0.25) is 0 Å². The fraction of sp³-hybridized carbons (Fsp3) is 0.222. The van der Waals surface area contributed by atoms with E-state index >= 15 is 0 Å². The number of ether oxygens (including phenoxy) is 1. The second-order valence-corrected chi connectivity index (χ2v) is 4.40. The molecule has 0 spiro atoms. The Hall–Kier alpha value is -2.62. The first-order valence-electron chi connectivity index (χ1n) is 7.05. The number of hydrogen-bond donors (Lipinski definition) is 1. The van der Waals surface area contributed by atoms with Crippen LogP contribution in [0.2, 0.25) is 0 Å². The quantitative estimate of drug-likeness (QED) is 0.864. The molecule has 0 radical (unpaired) electrons. The highest BCUT2D eigenvalue weighted by Gasteiger charge is 2.10. The van der Waals surface area contributed by atoms with Gasteiger partial charge in [0.05, 0.1) is 18.2 Å². The number of esters is 1. The molecule has 1 N–H and O–H groups in total. The van der Waals surface area contributed by atoms with E-state index in [0.717, 1.165) is 16.7 Å². The van der Waals surface area contributed by atoms with Crippen LogP contribution in [0.5, 0.6) is 0 Å². The zero-order valence-corrected chi connectivity index (χ0v) is 13.2. The number of aryl methyl sites for hydroxylation is 1. The predicted molar refractivity (Wildman–Crippen MR) is 86.3 cm³/mol. The molecule has 0 aliphatic heterocycles. The SMILES string of the molecule is CC.COC(=O)c1ccc(C)c(-c2ccc(C(=O)O)cc2)c1. The lowest BCUT2D eigenvalue weighted by Gasteiger charge is -2.08. The van der Waals surface area contributed by atoms with Crippen LogP contribution < -0.4 is 0 Å². The molecule has 116 valence electrons. The Morgan fingerprint density at radius 3 is 2.00 bits per heavy atom. The second kappa shape index (κ2) is 7.98. The largest absolute Gasteiger partial charge is 0.478 e. The minimum absolute atomic E-state index is 0.232. The van der Waals surface area contributed by atoms with E-state index in [9.17, 15) is 9.59 Å². The molecule has 2 aromatic carbocycles. The molecule has 0 aliphatic carbocycles. The zero-order chi connectivity index (χ0) is 16.7. The minimum atomic E-state index is -0.961. The van der Waals surface area contributed by atoms with Crippen molar-refractivity contribution in [2.24, 2.45) is 0 Å². The number of carboxylic acids is 1. The Bertz CT molecular complexity index is 657. The maximum Gasteiger partial charge on any atom is 0.337 e. The molecule has 0 saturated carbocycles. The Morgan fingerprint density at radius 2 is 1.50 bits per heavy atom. The van der Waals surface area contributed by atoms with Gasteiger partial charge in [-0.05, 0) is 47.9 Å². The third-order valence-electron chi connectivity index (χ3n) is 3.10. The third-order valence-corrected chi connectivity index (χ3v) is 3.10. The number of carboxylic acid groups (broad SMARTS) is 1. The van der Waals surface area contributed by atoms with Crippen molar-refractivity contribution in [3.05, 3.63) is 59.2 Å². The van der Waals surface area contributed by atoms with E-state index in [1.807, 2.05) is 26.8 Å². The smallest absolute Gasteiger partial charge is 0.337 e. The van der Waals surface area contributed by atoms with Crippen LogP contribution in [-0.4, -0.2) is 24.2 Å². The van der Waals surface area contributed by atoms with Crippen LogP contribution in [0.4, 0.5) is 0 Å². The van der Waals surface area contributed by atoms with Gasteiger partial charge in [0.15, 0.2) is 0 Å². The van der Waals surface area contributed by atoms with Gasteiger partial charge in [-0.25, -0.2) is 9.59 Å². The van der Waals surface area contributed by atoms with E-state index in [2.05, 4.69) is 0 Å². The normalized spacial score (nSPS) is 9.45. The Labute approximate surface area is 130 Å². The van der Waals surface area contributed by atoms with Gasteiger partial charge in [0.2, 0.25) is 0 Å². The summed E-state index contributed by atoms with van der Waals surface area (Å²) < 4.78 is 4.70. The molecule has 0 bridgehead atoms. The van der Waals surface area contributed by atoms with Gasteiger partial charge in [-0.2, -0.15) is 0 Å². The third kappa shape index (κ3) is 3.95. The Morgan fingerprint density at radius 1 is 0.955 bits per heavy atom. The fourth-order valence-corrected chi connectivity index (χ4v) is 1.97. The molecule has 4 heteroatoms. The van der Waals surface area contributed by atoms with Crippen LogP contribution >= 0.6 is 0 Å². The lowest BCUT2D eigenvalue weighted by molar-refractivity contribution is 0.0600. The van der Waals surface area contributed by atoms with E-state index < -0.39 is 11.9 Å². The number of methoxy groups -OCH3 is 1. The summed E-state index contributed by atoms with van der Waals surface area (Å²) in [6, 6.07) is 11.8. The van der Waals surface area contributed by atoms with Gasteiger partial charge in [0.25, 0.3) is 0 Å². The van der Waals surface area contributed by atoms with Gasteiger partial charge < -0.3 is 9.84 Å². The molecular formula is C18H20O4. The maximum atomic E-state index is 11.6. The van der Waals surface area contributed by atoms with Crippen LogP contribution in [0.1, 0.15) is 40.1 Å². The monoisotopic (exact) mass is 300 g/mol. The minimum Gasteiger partial charge on any atom is -0.478 e. The van der Waals surface area contributed by atoms with Crippen molar-refractivity contribution in [1.29, 1.82) is 0 Å². The summed E-state index contributed by atoms with van der Waals surface area (Å²) in [5, 5.41) is 8.89. The number of carbonyl (C=O) groups is 2. The van der Waals surface area contributed by atoms with Crippen molar-refractivity contribution in [3.8, 4) is 11.1 Å². The summed E-state index contributed by atoms with van der Waals surface area (Å²) in [6.07, 6.45) is 0. The second-order valence-electron chi connectivity index (χ2n) is 4.40. The summed E-state index contributed by atoms with van der Waals surface area (Å²) in [5.74, 6) is -1.36. The van der Waals surface area contributed by atoms with E-state index in [4.69, 9.17) is 9.84 Å². The maximum absolute atomic E-state index is 11.6. The van der Waals surface area contributed by atoms with E-state index in [1.54, 1.807) is 36.4 Å². The van der Waals surface area contributed by atoms with Gasteiger partial charge in [-0.1, -0.05) is 32.0 Å². The van der Waals surface area contributed by atoms with Gasteiger partial charge in [0, 0.05) is 0 Å². The molecule has 0 aromatic heterocycles. The average molecular weight is 300 g/mol. The first-order valence-corrected chi connectivity index (χ1v) is 7.05. The summed E-state index contributed by atoms with van der Waals surface area (Å²) in [6.45, 7) is 5.93. The van der Waals surface area contributed by atoms with E-state index in [0.29, 0.717) is 5.56 Å². The molecule has 22 heavy (non-hydrogen) atoms. The van der Waals surface area contributed by atoms with Crippen molar-refractivity contribution in [2.75, 3.05) is 7.11 Å². The molecule has 2 rings (SSSR count). The lowest BCUT2D eigenvalue weighted by Crippen LogP contribution is -2.01. The molecule has 0 aliphatic rings. The zero-order valence-electron chi connectivity index (χ0n) is 13.2. The van der Waals surface area contributed by atoms with Crippen LogP contribution in [0.25, 0.3) is 11.1 Å². The van der Waals surface area contributed by atoms with Gasteiger partial charge in [0.1, 0.15) is 0 Å². The summed E-state index contributed by atoms with van der Waals surface area (Å²) in [4.78, 5) is 22.4. The summed E-state index contributed by atoms with van der Waals surface area (Å²) >= 11 is 0. The fourth-order valence-electron chi connectivity index (χ4n) is 1.97. The van der Waals surface area contributed by atoms with Crippen LogP contribution in [0.3, 0.4) is 0 Å². The van der Waals surface area contributed by atoms with Crippen molar-refractivity contribution in [2.45, 2.75) is 20.8 Å². The highest BCUT2D eigenvalue weighted by Crippen LogP contribution is 2.25. The molecule has 0 fully saturated rings. The van der Waals surface area contributed by atoms with Crippen molar-refractivity contribution < 1.29 is 19.4 Å². The molecule has 0 heterocycles. The van der Waals surface area contributed by atoms with Crippen molar-refractivity contribution in [3.63, 3.8) is 0 Å². The van der Waals surface area contributed by atoms with Gasteiger partial charge in [-0.15, -0.1) is 0 Å². The number of carbonyl (C=O) groups excluding carboxylic acids is 1. The first-order chi connectivity index (χ1) is 10.5. The summed E-state index contributed by atoms with van der Waals surface area (Å²) in [7, 11) is 1.34. The van der Waals surface area contributed by atoms with Crippen molar-refractivity contribution >= 4 is 11.9 Å². The molecule has 0 amide bonds. The first kappa shape index (κ1) is 17.4. The standard InChI is InChI=1S/C16H14O4.C2H6/c1-10-3-4-13(16(19)20-2)9-14(10)11-5-7-12(8-6-11)15(17)18;1-2/h3-9H,1-2H3,(H,17,18);1-2H3. The van der Waals surface area contributed by atoms with Gasteiger partial charge >= 0.3 is 11.9 Å². The molecule has 0 saturated heterocycles. The highest BCUT2D eigenvalue weighted by molar-refractivity contribution is 5.92. The van der Waals surface area contributed by atoms with Crippen molar-refractivity contribution in [1.82, 2.24) is 0 Å². The molecule has 0 atom stereocenters. The number of rotatable bonds is 3. The number of benzene rings is 2. The van der Waals surface area contributed by atoms with Crippen LogP contribution in [0.15, 0.2) is 42.5 Å². The average Bonchev–Trinajstić information content (AvgIpc) is 2.56. The predicted octanol–water partition coefficient (Wildman–Crippen LogP) is 4.17. The molecular weight excluding hydrogens is 280 g/mol. The topological polar surface area (TPSA) is 63.6 Å². The lowest BCUT2D eigenvalue weighted by atomic mass is 9.97. The Kier molecular flexibility index (Phi) is 6.32. The Balaban J connectivity index is 0.00000116. The molecule has 2 aromatic rings. The van der Waals surface area contributed by atoms with Crippen LogP contribution in [0, 0.1) is 6.92 Å². The summed E-state index contributed by atoms with van der Waals surface area (Å²) in [5.41, 5.74) is 3.44. The molecule has 4 nitrogen and oxygen atoms in total. The number of hydrogen-bond acceptors (Lipinski definition) is 3. The van der Waals surface area contributed by atoms with E-state index in [1.165, 1.54) is 7.11 Å². The van der Waals surface area contributed by atoms with Crippen LogP contribution in [-0.2, 0) is 4.74 Å².